The van der Waals surface area contributed by atoms with Gasteiger partial charge in [-0.05, 0) is 49.5 Å². The number of furan rings is 1. The summed E-state index contributed by atoms with van der Waals surface area (Å²) in [5.74, 6) is -0.829. The Bertz CT molecular complexity index is 1170. The topological polar surface area (TPSA) is 152 Å². The maximum absolute atomic E-state index is 13.9. The second-order valence-electron chi connectivity index (χ2n) is 10.1. The number of primary amides is 1. The van der Waals surface area contributed by atoms with Crippen LogP contribution < -0.4 is 16.8 Å². The molecule has 9 heteroatoms. The van der Waals surface area contributed by atoms with Gasteiger partial charge in [-0.2, -0.15) is 0 Å². The molecule has 2 aromatic rings. The largest absolute Gasteiger partial charge is 0.469 e. The van der Waals surface area contributed by atoms with Crippen molar-refractivity contribution in [1.82, 2.24) is 10.2 Å². The Morgan fingerprint density at radius 3 is 2.38 bits per heavy atom. The van der Waals surface area contributed by atoms with Crippen LogP contribution in [0.1, 0.15) is 50.9 Å². The molecule has 0 fully saturated rings. The lowest BCUT2D eigenvalue weighted by atomic mass is 9.70. The molecule has 1 heterocycles. The fourth-order valence-corrected chi connectivity index (χ4v) is 4.95. The van der Waals surface area contributed by atoms with Gasteiger partial charge >= 0.3 is 0 Å². The first-order chi connectivity index (χ1) is 18.7. The number of hydrogen-bond acceptors (Lipinski definition) is 6. The normalized spacial score (nSPS) is 18.5. The molecule has 0 radical (unpaired) electrons. The van der Waals surface area contributed by atoms with Crippen LogP contribution in [0, 0.1) is 5.41 Å². The maximum atomic E-state index is 13.9. The third kappa shape index (κ3) is 7.91. The number of amides is 3. The minimum absolute atomic E-state index is 0.00228. The number of nitrogens with one attached hydrogen (secondary N) is 1. The van der Waals surface area contributed by atoms with Gasteiger partial charge in [0.15, 0.2) is 0 Å². The van der Waals surface area contributed by atoms with Crippen molar-refractivity contribution < 1.29 is 23.9 Å². The van der Waals surface area contributed by atoms with Gasteiger partial charge in [-0.1, -0.05) is 50.3 Å². The van der Waals surface area contributed by atoms with E-state index in [1.807, 2.05) is 44.2 Å². The molecule has 0 bridgehead atoms. The molecule has 6 N–H and O–H groups in total. The van der Waals surface area contributed by atoms with Gasteiger partial charge in [0, 0.05) is 43.2 Å². The van der Waals surface area contributed by atoms with E-state index in [9.17, 15) is 19.5 Å². The van der Waals surface area contributed by atoms with E-state index in [-0.39, 0.29) is 37.3 Å². The monoisotopic (exact) mass is 536 g/mol. The Morgan fingerprint density at radius 1 is 1.10 bits per heavy atom. The number of aliphatic hydroxyl groups excluding tert-OH is 1. The summed E-state index contributed by atoms with van der Waals surface area (Å²) < 4.78 is 5.37. The van der Waals surface area contributed by atoms with Crippen LogP contribution in [0.4, 0.5) is 0 Å². The predicted octanol–water partition coefficient (Wildman–Crippen LogP) is 2.59. The van der Waals surface area contributed by atoms with Crippen molar-refractivity contribution in [2.75, 3.05) is 13.1 Å². The van der Waals surface area contributed by atoms with E-state index in [0.29, 0.717) is 24.4 Å². The number of nitrogens with two attached hydrogens (primary N) is 2. The van der Waals surface area contributed by atoms with Crippen molar-refractivity contribution >= 4 is 17.7 Å². The van der Waals surface area contributed by atoms with Gasteiger partial charge in [0.2, 0.25) is 17.7 Å². The van der Waals surface area contributed by atoms with E-state index in [1.54, 1.807) is 17.0 Å². The first kappa shape index (κ1) is 29.9. The van der Waals surface area contributed by atoms with Crippen molar-refractivity contribution in [3.05, 3.63) is 83.3 Å². The minimum atomic E-state index is -1.43. The van der Waals surface area contributed by atoms with Gasteiger partial charge in [-0.15, -0.1) is 0 Å². The average molecular weight is 537 g/mol. The summed E-state index contributed by atoms with van der Waals surface area (Å²) in [6.45, 7) is 5.30. The van der Waals surface area contributed by atoms with Gasteiger partial charge in [0.05, 0.1) is 17.8 Å². The third-order valence-corrected chi connectivity index (χ3v) is 6.93. The van der Waals surface area contributed by atoms with E-state index < -0.39 is 29.4 Å². The molecule has 3 atom stereocenters. The molecule has 9 nitrogen and oxygen atoms in total. The molecule has 39 heavy (non-hydrogen) atoms. The Balaban J connectivity index is 1.96. The van der Waals surface area contributed by atoms with Crippen LogP contribution in [0.15, 0.2) is 76.4 Å². The van der Waals surface area contributed by atoms with E-state index in [4.69, 9.17) is 15.9 Å². The number of hydrogen-bond donors (Lipinski definition) is 4. The Morgan fingerprint density at radius 2 is 1.79 bits per heavy atom. The van der Waals surface area contributed by atoms with Gasteiger partial charge in [-0.25, -0.2) is 0 Å². The van der Waals surface area contributed by atoms with Crippen LogP contribution in [0.5, 0.6) is 0 Å². The molecule has 1 aliphatic rings. The molecule has 0 saturated heterocycles. The fourth-order valence-electron chi connectivity index (χ4n) is 4.95. The first-order valence-corrected chi connectivity index (χ1v) is 13.5. The second kappa shape index (κ2) is 13.9. The van der Waals surface area contributed by atoms with Crippen LogP contribution in [-0.4, -0.2) is 53.0 Å². The molecule has 1 aromatic carbocycles. The lowest BCUT2D eigenvalue weighted by Crippen LogP contribution is -2.48. The van der Waals surface area contributed by atoms with Gasteiger partial charge in [0.25, 0.3) is 0 Å². The zero-order valence-corrected chi connectivity index (χ0v) is 22.8. The Labute approximate surface area is 229 Å². The van der Waals surface area contributed by atoms with Gasteiger partial charge in [0.1, 0.15) is 5.76 Å². The van der Waals surface area contributed by atoms with E-state index in [1.165, 1.54) is 18.4 Å². The van der Waals surface area contributed by atoms with Crippen LogP contribution in [0.3, 0.4) is 0 Å². The number of rotatable bonds is 14. The third-order valence-electron chi connectivity index (χ3n) is 6.93. The minimum Gasteiger partial charge on any atom is -0.469 e. The molecule has 0 aliphatic heterocycles. The van der Waals surface area contributed by atoms with Crippen molar-refractivity contribution in [3.8, 4) is 0 Å². The van der Waals surface area contributed by atoms with Crippen LogP contribution in [0.2, 0.25) is 0 Å². The highest BCUT2D eigenvalue weighted by molar-refractivity contribution is 6.03. The summed E-state index contributed by atoms with van der Waals surface area (Å²) >= 11 is 0. The predicted molar refractivity (Wildman–Crippen MR) is 149 cm³/mol. The summed E-state index contributed by atoms with van der Waals surface area (Å²) in [6, 6.07) is 12.1. The maximum Gasteiger partial charge on any atom is 0.249 e. The van der Waals surface area contributed by atoms with Crippen molar-refractivity contribution in [2.24, 2.45) is 16.9 Å². The van der Waals surface area contributed by atoms with E-state index in [2.05, 4.69) is 5.32 Å². The molecule has 0 saturated carbocycles. The number of benzene rings is 1. The van der Waals surface area contributed by atoms with Gasteiger partial charge in [-0.3, -0.25) is 14.4 Å². The fraction of sp³-hybridized carbons (Fsp3) is 0.433. The van der Waals surface area contributed by atoms with Crippen LogP contribution in [-0.2, 0) is 27.3 Å². The molecule has 1 unspecified atom stereocenters. The smallest absolute Gasteiger partial charge is 0.249 e. The quantitative estimate of drug-likeness (QED) is 0.291. The summed E-state index contributed by atoms with van der Waals surface area (Å²) in [5.41, 5.74) is 11.8. The molecule has 0 spiro atoms. The van der Waals surface area contributed by atoms with E-state index >= 15 is 0 Å². The highest BCUT2D eigenvalue weighted by Crippen LogP contribution is 2.40. The number of aliphatic hydroxyl groups is 1. The van der Waals surface area contributed by atoms with Crippen LogP contribution in [0.25, 0.3) is 0 Å². The summed E-state index contributed by atoms with van der Waals surface area (Å²) in [7, 11) is 0. The van der Waals surface area contributed by atoms with Crippen molar-refractivity contribution in [3.63, 3.8) is 0 Å². The average Bonchev–Trinajstić information content (AvgIpc) is 3.44. The van der Waals surface area contributed by atoms with Crippen molar-refractivity contribution in [1.29, 1.82) is 0 Å². The summed E-state index contributed by atoms with van der Waals surface area (Å²) in [6.07, 6.45) is 5.01. The SMILES string of the molecule is CCCN(CCC)C(=O)C1=CC(C(N)=O)=CC(C[C@@H](O)[C@@H](N)Cc2ccco2)(C(=O)NCc2ccccc2)C1. The summed E-state index contributed by atoms with van der Waals surface area (Å²) in [5, 5.41) is 14.1. The molecule has 210 valence electrons. The van der Waals surface area contributed by atoms with E-state index in [0.717, 1.165) is 18.4 Å². The molecular weight excluding hydrogens is 496 g/mol. The molecule has 1 aromatic heterocycles. The number of carbonyl (C=O) groups excluding carboxylic acids is 3. The summed E-state index contributed by atoms with van der Waals surface area (Å²) in [4.78, 5) is 41.7. The molecular formula is C30H40N4O5. The van der Waals surface area contributed by atoms with Crippen molar-refractivity contribution in [2.45, 2.75) is 64.6 Å². The molecule has 3 rings (SSSR count). The first-order valence-electron chi connectivity index (χ1n) is 13.5. The van der Waals surface area contributed by atoms with Gasteiger partial charge < -0.3 is 31.2 Å². The standard InChI is InChI=1S/C30H40N4O5/c1-3-12-34(13-4-2)28(37)23-15-22(27(32)36)17-30(18-23,29(38)33-20-21-9-6-5-7-10-21)19-26(35)25(31)16-24-11-8-14-39-24/h5-11,14-15,17,25-26,35H,3-4,12-13,16,18-20,31H2,1-2H3,(H2,32,36)(H,33,38)/t25-,26+,30?/m0/s1. The Hall–Kier alpha value is -3.69. The lowest BCUT2D eigenvalue weighted by molar-refractivity contribution is -0.131. The zero-order chi connectivity index (χ0) is 28.4. The molecule has 1 aliphatic carbocycles. The lowest BCUT2D eigenvalue weighted by Gasteiger charge is -2.37. The highest BCUT2D eigenvalue weighted by atomic mass is 16.3. The zero-order valence-electron chi connectivity index (χ0n) is 22.8. The number of nitrogens with zero attached hydrogens (tertiary/aromatic N) is 1. The Kier molecular flexibility index (Phi) is 10.7. The van der Waals surface area contributed by atoms with Crippen LogP contribution >= 0.6 is 0 Å². The second-order valence-corrected chi connectivity index (χ2v) is 10.1. The number of carbonyl (C=O) groups is 3. The highest BCUT2D eigenvalue weighted by Gasteiger charge is 2.44. The molecule has 3 amide bonds.